The first-order chi connectivity index (χ1) is 14.9. The zero-order valence-electron chi connectivity index (χ0n) is 18.4. The Kier molecular flexibility index (Phi) is 8.72. The quantitative estimate of drug-likeness (QED) is 0.386. The third kappa shape index (κ3) is 8.18. The number of hydrogen-bond acceptors (Lipinski definition) is 5. The minimum atomic E-state index is -4.72. The first-order valence-corrected chi connectivity index (χ1v) is 11.0. The average Bonchev–Trinajstić information content (AvgIpc) is 2.70. The Morgan fingerprint density at radius 1 is 1.06 bits per heavy atom. The van der Waals surface area contributed by atoms with Crippen LogP contribution in [0.3, 0.4) is 0 Å². The number of carboxylic acids is 1. The molecule has 0 heterocycles. The van der Waals surface area contributed by atoms with Gasteiger partial charge < -0.3 is 19.3 Å². The van der Waals surface area contributed by atoms with Crippen LogP contribution in [0.5, 0.6) is 17.2 Å². The third-order valence-corrected chi connectivity index (χ3v) is 5.86. The fraction of sp³-hybridized carbons (Fsp3) is 0.435. The minimum absolute atomic E-state index is 0.230. The van der Waals surface area contributed by atoms with Gasteiger partial charge in [0.05, 0.1) is 6.61 Å². The van der Waals surface area contributed by atoms with Gasteiger partial charge in [-0.05, 0) is 75.2 Å². The highest BCUT2D eigenvalue weighted by atomic mass is 32.2. The molecule has 0 saturated carbocycles. The van der Waals surface area contributed by atoms with Gasteiger partial charge in [0.1, 0.15) is 17.2 Å². The van der Waals surface area contributed by atoms with Gasteiger partial charge >= 0.3 is 12.3 Å². The van der Waals surface area contributed by atoms with E-state index in [1.54, 1.807) is 17.8 Å². The van der Waals surface area contributed by atoms with E-state index in [9.17, 15) is 23.1 Å². The predicted octanol–water partition coefficient (Wildman–Crippen LogP) is 6.33. The molecule has 2 aromatic carbocycles. The summed E-state index contributed by atoms with van der Waals surface area (Å²) in [6, 6.07) is 10.9. The summed E-state index contributed by atoms with van der Waals surface area (Å²) < 4.78 is 51.9. The van der Waals surface area contributed by atoms with Gasteiger partial charge in [0.2, 0.25) is 0 Å². The molecular weight excluding hydrogens is 445 g/mol. The molecule has 0 aromatic heterocycles. The molecule has 0 amide bonds. The average molecular weight is 473 g/mol. The van der Waals surface area contributed by atoms with Crippen LogP contribution in [0.15, 0.2) is 47.4 Å². The molecule has 0 aliphatic rings. The van der Waals surface area contributed by atoms with Crippen LogP contribution in [-0.2, 0) is 4.79 Å². The highest BCUT2D eigenvalue weighted by molar-refractivity contribution is 7.99. The number of carbonyl (C=O) groups is 1. The van der Waals surface area contributed by atoms with Crippen LogP contribution in [0.2, 0.25) is 0 Å². The Morgan fingerprint density at radius 2 is 1.69 bits per heavy atom. The summed E-state index contributed by atoms with van der Waals surface area (Å²) in [5.41, 5.74) is -0.476. The van der Waals surface area contributed by atoms with Crippen molar-refractivity contribution in [2.75, 3.05) is 12.4 Å². The van der Waals surface area contributed by atoms with Crippen LogP contribution >= 0.6 is 11.8 Å². The Balaban J connectivity index is 1.88. The molecule has 5 nitrogen and oxygen atoms in total. The Labute approximate surface area is 189 Å². The number of carboxylic acid groups (broad SMARTS) is 1. The molecule has 0 saturated heterocycles. The zero-order valence-corrected chi connectivity index (χ0v) is 19.2. The molecule has 0 bridgehead atoms. The van der Waals surface area contributed by atoms with E-state index < -0.39 is 17.9 Å². The normalized spacial score (nSPS) is 12.8. The fourth-order valence-electron chi connectivity index (χ4n) is 2.59. The van der Waals surface area contributed by atoms with Gasteiger partial charge in [-0.1, -0.05) is 6.92 Å². The van der Waals surface area contributed by atoms with E-state index in [0.717, 1.165) is 22.6 Å². The van der Waals surface area contributed by atoms with Gasteiger partial charge in [-0.15, -0.1) is 24.9 Å². The second kappa shape index (κ2) is 10.8. The van der Waals surface area contributed by atoms with Crippen molar-refractivity contribution in [2.45, 2.75) is 51.0 Å². The molecule has 1 N–H and O–H groups in total. The van der Waals surface area contributed by atoms with Crippen LogP contribution in [0.25, 0.3) is 0 Å². The number of aliphatic carboxylic acids is 1. The molecule has 1 unspecified atom stereocenters. The lowest BCUT2D eigenvalue weighted by Crippen LogP contribution is -2.38. The van der Waals surface area contributed by atoms with Gasteiger partial charge in [0.25, 0.3) is 0 Å². The van der Waals surface area contributed by atoms with E-state index in [1.807, 2.05) is 26.0 Å². The number of thioether (sulfide) groups is 1. The van der Waals surface area contributed by atoms with E-state index in [2.05, 4.69) is 4.74 Å². The second-order valence-corrected chi connectivity index (χ2v) is 8.85. The maximum atomic E-state index is 12.2. The van der Waals surface area contributed by atoms with Gasteiger partial charge in [-0.3, -0.25) is 0 Å². The highest BCUT2D eigenvalue weighted by Gasteiger charge is 2.31. The summed E-state index contributed by atoms with van der Waals surface area (Å²) in [6.07, 6.45) is -3.85. The maximum Gasteiger partial charge on any atom is 0.573 e. The van der Waals surface area contributed by atoms with Gasteiger partial charge in [-0.2, -0.15) is 0 Å². The van der Waals surface area contributed by atoms with Crippen molar-refractivity contribution < 1.29 is 37.3 Å². The predicted molar refractivity (Wildman–Crippen MR) is 117 cm³/mol. The molecule has 0 aliphatic carbocycles. The fourth-order valence-corrected chi connectivity index (χ4v) is 3.78. The van der Waals surface area contributed by atoms with E-state index in [0.29, 0.717) is 18.1 Å². The van der Waals surface area contributed by atoms with E-state index >= 15 is 0 Å². The van der Waals surface area contributed by atoms with Crippen molar-refractivity contribution in [1.29, 1.82) is 0 Å². The van der Waals surface area contributed by atoms with Crippen molar-refractivity contribution in [1.82, 2.24) is 0 Å². The molecule has 176 valence electrons. The first-order valence-electron chi connectivity index (χ1n) is 10.0. The van der Waals surface area contributed by atoms with Crippen LogP contribution in [0.4, 0.5) is 13.2 Å². The standard InChI is InChI=1S/C23H27F3O5S/c1-5-16(13-29-17-6-8-18(9-7-17)30-23(24,25)26)14-32-19-10-11-20(15(2)12-19)31-22(3,4)21(27)28/h6-12,16H,5,13-14H2,1-4H3,(H,27,28). The summed E-state index contributed by atoms with van der Waals surface area (Å²) in [6.45, 7) is 7.34. The van der Waals surface area contributed by atoms with Crippen molar-refractivity contribution in [3.63, 3.8) is 0 Å². The Hall–Kier alpha value is -2.55. The number of aryl methyl sites for hydroxylation is 1. The molecule has 32 heavy (non-hydrogen) atoms. The van der Waals surface area contributed by atoms with Crippen molar-refractivity contribution in [2.24, 2.45) is 5.92 Å². The molecule has 0 radical (unpaired) electrons. The van der Waals surface area contributed by atoms with Crippen LogP contribution < -0.4 is 14.2 Å². The van der Waals surface area contributed by atoms with E-state index in [1.165, 1.54) is 38.1 Å². The number of ether oxygens (including phenoxy) is 3. The summed E-state index contributed by atoms with van der Waals surface area (Å²) in [5.74, 6) is 0.682. The van der Waals surface area contributed by atoms with Gasteiger partial charge in [0.15, 0.2) is 5.60 Å². The molecule has 0 spiro atoms. The highest BCUT2D eigenvalue weighted by Crippen LogP contribution is 2.30. The molecular formula is C23H27F3O5S. The summed E-state index contributed by atoms with van der Waals surface area (Å²) in [7, 11) is 0. The lowest BCUT2D eigenvalue weighted by Gasteiger charge is -2.23. The first kappa shape index (κ1) is 25.7. The lowest BCUT2D eigenvalue weighted by molar-refractivity contribution is -0.274. The van der Waals surface area contributed by atoms with Gasteiger partial charge in [-0.25, -0.2) is 4.79 Å². The number of rotatable bonds is 11. The summed E-state index contributed by atoms with van der Waals surface area (Å²) >= 11 is 1.65. The summed E-state index contributed by atoms with van der Waals surface area (Å²) in [4.78, 5) is 12.3. The van der Waals surface area contributed by atoms with E-state index in [-0.39, 0.29) is 11.7 Å². The summed E-state index contributed by atoms with van der Waals surface area (Å²) in [5, 5.41) is 9.22. The molecule has 2 rings (SSSR count). The lowest BCUT2D eigenvalue weighted by atomic mass is 10.1. The van der Waals surface area contributed by atoms with Gasteiger partial charge in [0, 0.05) is 16.6 Å². The SMILES string of the molecule is CCC(COc1ccc(OC(F)(F)F)cc1)CSc1ccc(OC(C)(C)C(=O)O)c(C)c1. The topological polar surface area (TPSA) is 65.0 Å². The largest absolute Gasteiger partial charge is 0.573 e. The Bertz CT molecular complexity index is 897. The molecule has 2 aromatic rings. The number of halogens is 3. The minimum Gasteiger partial charge on any atom is -0.493 e. The van der Waals surface area contributed by atoms with Crippen LogP contribution in [0.1, 0.15) is 32.8 Å². The Morgan fingerprint density at radius 3 is 2.22 bits per heavy atom. The molecule has 0 aliphatic heterocycles. The second-order valence-electron chi connectivity index (χ2n) is 7.76. The number of hydrogen-bond donors (Lipinski definition) is 1. The number of alkyl halides is 3. The maximum absolute atomic E-state index is 12.2. The molecule has 0 fully saturated rings. The zero-order chi connectivity index (χ0) is 23.9. The van der Waals surface area contributed by atoms with Crippen LogP contribution in [0, 0.1) is 12.8 Å². The smallest absolute Gasteiger partial charge is 0.493 e. The third-order valence-electron chi connectivity index (χ3n) is 4.63. The molecule has 1 atom stereocenters. The van der Waals surface area contributed by atoms with Crippen molar-refractivity contribution in [3.05, 3.63) is 48.0 Å². The monoisotopic (exact) mass is 472 g/mol. The van der Waals surface area contributed by atoms with Crippen molar-refractivity contribution in [3.8, 4) is 17.2 Å². The van der Waals surface area contributed by atoms with Crippen LogP contribution in [-0.4, -0.2) is 35.4 Å². The molecule has 9 heteroatoms. The van der Waals surface area contributed by atoms with E-state index in [4.69, 9.17) is 9.47 Å². The number of benzene rings is 2. The van der Waals surface area contributed by atoms with Crippen molar-refractivity contribution >= 4 is 17.7 Å².